The van der Waals surface area contributed by atoms with E-state index in [2.05, 4.69) is 34.3 Å². The maximum atomic E-state index is 14.2. The predicted octanol–water partition coefficient (Wildman–Crippen LogP) is 8.16. The number of unbranched alkanes of at least 4 members (excludes halogenated alkanes) is 1. The second kappa shape index (κ2) is 19.7. The maximum absolute atomic E-state index is 14.2. The van der Waals surface area contributed by atoms with Crippen LogP contribution in [-0.4, -0.2) is 63.9 Å². The number of aliphatic hydroxyl groups is 1. The number of ketones is 2. The molecule has 0 radical (unpaired) electrons. The van der Waals surface area contributed by atoms with Crippen LogP contribution in [0.5, 0.6) is 17.2 Å². The molecule has 0 unspecified atom stereocenters. The molecule has 8 bridgehead atoms. The molecule has 2 saturated carbocycles. The minimum atomic E-state index is -0.773. The third-order valence-corrected chi connectivity index (χ3v) is 16.6. The van der Waals surface area contributed by atoms with Gasteiger partial charge in [0.05, 0.1) is 25.3 Å². The maximum Gasteiger partial charge on any atom is 0.165 e. The molecule has 4 aromatic rings. The average molecular weight is 889 g/mol. The molecule has 5 atom stereocenters. The third-order valence-electron chi connectivity index (χ3n) is 14.1. The lowest BCUT2D eigenvalue weighted by Crippen LogP contribution is -2.38. The highest BCUT2D eigenvalue weighted by Crippen LogP contribution is 2.64. The van der Waals surface area contributed by atoms with Crippen LogP contribution in [0.25, 0.3) is 0 Å². The number of nitrogens with two attached hydrogens (primary N) is 2. The first-order valence-electron chi connectivity index (χ1n) is 22.4. The van der Waals surface area contributed by atoms with Crippen molar-refractivity contribution in [3.63, 3.8) is 0 Å². The van der Waals surface area contributed by atoms with E-state index in [1.165, 1.54) is 0 Å². The highest BCUT2D eigenvalue weighted by molar-refractivity contribution is 8.76. The number of hydrogen-bond acceptors (Lipinski definition) is 11. The van der Waals surface area contributed by atoms with Gasteiger partial charge in [-0.2, -0.15) is 0 Å². The van der Waals surface area contributed by atoms with Gasteiger partial charge in [-0.15, -0.1) is 0 Å². The van der Waals surface area contributed by atoms with Gasteiger partial charge in [0.1, 0.15) is 5.75 Å². The molecule has 0 amide bonds. The van der Waals surface area contributed by atoms with Crippen molar-refractivity contribution in [2.75, 3.05) is 26.0 Å². The molecule has 4 aliphatic rings. The number of hydrogen-bond donors (Lipinski definition) is 7. The van der Waals surface area contributed by atoms with Crippen LogP contribution in [-0.2, 0) is 29.8 Å². The van der Waals surface area contributed by atoms with Crippen molar-refractivity contribution >= 4 is 33.2 Å². The van der Waals surface area contributed by atoms with E-state index in [-0.39, 0.29) is 46.9 Å². The molecule has 2 heterocycles. The molecular formula is C51H60N4O6S2. The van der Waals surface area contributed by atoms with Crippen LogP contribution in [0.2, 0.25) is 0 Å². The van der Waals surface area contributed by atoms with E-state index < -0.39 is 18.2 Å². The van der Waals surface area contributed by atoms with E-state index in [0.29, 0.717) is 66.2 Å². The fraction of sp³-hybridized carbons (Fsp3) is 0.451. The van der Waals surface area contributed by atoms with Gasteiger partial charge in [0.15, 0.2) is 23.1 Å². The number of carbonyl (C=O) groups excluding carboxylic acids is 2. The molecule has 12 heteroatoms. The summed E-state index contributed by atoms with van der Waals surface area (Å²) in [5.74, 6) is 8.25. The molecule has 1 aliphatic heterocycles. The van der Waals surface area contributed by atoms with Gasteiger partial charge in [-0.05, 0) is 134 Å². The van der Waals surface area contributed by atoms with Crippen LogP contribution in [0.15, 0.2) is 72.9 Å². The smallest absolute Gasteiger partial charge is 0.165 e. The monoisotopic (exact) mass is 888 g/mol. The Morgan fingerprint density at radius 2 is 1.81 bits per heavy atom. The van der Waals surface area contributed by atoms with Crippen LogP contribution in [0.4, 0.5) is 0 Å². The number of benzene rings is 3. The molecule has 0 spiro atoms. The standard InChI is InChI=1S/C51H60N4O6S2/c1-54-20-3-2-6-36-14-18-51-30-50(36,28-48(51)60)19-15-37(56)11-8-32-10-13-45(58)47(24-32)61-22-17-33-9-12-44(57)42(23-33)41-27-46(59)38-16-21-55-43(38)7-4-5-34-25-40(49(52)53)35(26-39(34)41)29-62-63-31-51/h9-10,12-13,15-16,19,21,23-26,36,41,48-49,54-55,57-58,60H,2-3,6-8,11,14,17-18,20,22,27-31,52-53H2,1H3/b19-15+/t36-,41+,48-,50+,51+/m1/s1. The van der Waals surface area contributed by atoms with Gasteiger partial charge in [-0.3, -0.25) is 9.59 Å². The number of phenolic OH excluding ortho intramolecular Hbond substituents is 2. The Balaban J connectivity index is 1.17. The number of carbonyl (C=O) groups is 2. The lowest BCUT2D eigenvalue weighted by atomic mass is 9.62. The highest BCUT2D eigenvalue weighted by Gasteiger charge is 2.58. The normalized spacial score (nSPS) is 25.8. The van der Waals surface area contributed by atoms with Crippen LogP contribution in [0.1, 0.15) is 125 Å². The first kappa shape index (κ1) is 45.1. The van der Waals surface area contributed by atoms with E-state index in [1.54, 1.807) is 58.1 Å². The van der Waals surface area contributed by atoms with E-state index >= 15 is 0 Å². The Hall–Kier alpha value is -4.48. The molecule has 3 aromatic carbocycles. The van der Waals surface area contributed by atoms with Crippen molar-refractivity contribution in [1.29, 1.82) is 0 Å². The SMILES string of the molecule is CNCCCC[C@@H]1CC[C@]23CSSCc4cc5c(cc4C(N)N)C#CCc4[nH]ccc4C(=O)C[C@@H]5c4cc(ccc4O)CCOc4cc(ccc4O)CCC(=O)/C=C/[C@]1(C[C@H]2O)C3. The fourth-order valence-corrected chi connectivity index (χ4v) is 13.4. The minimum Gasteiger partial charge on any atom is -0.508 e. The van der Waals surface area contributed by atoms with Crippen molar-refractivity contribution in [3.05, 3.63) is 123 Å². The zero-order valence-corrected chi connectivity index (χ0v) is 37.7. The van der Waals surface area contributed by atoms with Gasteiger partial charge in [0.25, 0.3) is 0 Å². The number of aromatic hydroxyl groups is 2. The van der Waals surface area contributed by atoms with Crippen molar-refractivity contribution in [3.8, 4) is 29.1 Å². The van der Waals surface area contributed by atoms with Crippen LogP contribution >= 0.6 is 21.6 Å². The predicted molar refractivity (Wildman–Crippen MR) is 252 cm³/mol. The lowest BCUT2D eigenvalue weighted by Gasteiger charge is -2.44. The molecule has 10 nitrogen and oxygen atoms in total. The van der Waals surface area contributed by atoms with Crippen molar-refractivity contribution < 1.29 is 29.6 Å². The number of H-pyrrole nitrogens is 1. The summed E-state index contributed by atoms with van der Waals surface area (Å²) in [4.78, 5) is 30.9. The molecule has 0 saturated heterocycles. The number of aryl methyl sites for hydroxylation is 1. The van der Waals surface area contributed by atoms with Gasteiger partial charge >= 0.3 is 0 Å². The Kier molecular flexibility index (Phi) is 14.1. The van der Waals surface area contributed by atoms with Crippen molar-refractivity contribution in [2.24, 2.45) is 28.2 Å². The van der Waals surface area contributed by atoms with E-state index in [1.807, 2.05) is 31.3 Å². The van der Waals surface area contributed by atoms with Gasteiger partial charge in [-0.25, -0.2) is 0 Å². The molecule has 1 aromatic heterocycles. The third kappa shape index (κ3) is 9.95. The number of rotatable bonds is 6. The van der Waals surface area contributed by atoms with Gasteiger partial charge in [-0.1, -0.05) is 70.2 Å². The molecule has 9 N–H and O–H groups in total. The number of aromatic nitrogens is 1. The van der Waals surface area contributed by atoms with Crippen LogP contribution in [0.3, 0.4) is 0 Å². The average Bonchev–Trinajstić information content (AvgIpc) is 3.83. The zero-order chi connectivity index (χ0) is 44.1. The number of fused-ring (bicyclic) bond motifs is 7. The minimum absolute atomic E-state index is 0.0136. The lowest BCUT2D eigenvalue weighted by molar-refractivity contribution is -0.114. The van der Waals surface area contributed by atoms with E-state index in [4.69, 9.17) is 16.2 Å². The summed E-state index contributed by atoms with van der Waals surface area (Å²) in [5, 5.41) is 37.6. The van der Waals surface area contributed by atoms with Crippen molar-refractivity contribution in [2.45, 2.75) is 101 Å². The first-order chi connectivity index (χ1) is 30.5. The summed E-state index contributed by atoms with van der Waals surface area (Å²) < 4.78 is 6.15. The summed E-state index contributed by atoms with van der Waals surface area (Å²) in [6.45, 7) is 1.21. The van der Waals surface area contributed by atoms with Crippen LogP contribution < -0.4 is 21.5 Å². The van der Waals surface area contributed by atoms with Crippen LogP contribution in [0, 0.1) is 28.6 Å². The van der Waals surface area contributed by atoms with E-state index in [0.717, 1.165) is 84.3 Å². The Morgan fingerprint density at radius 1 is 0.984 bits per heavy atom. The quantitative estimate of drug-likeness (QED) is 0.0429. The number of ether oxygens (including phenoxy) is 1. The fourth-order valence-electron chi connectivity index (χ4n) is 10.6. The second-order valence-electron chi connectivity index (χ2n) is 18.1. The molecule has 332 valence electrons. The Morgan fingerprint density at radius 3 is 2.63 bits per heavy atom. The number of nitrogens with one attached hydrogen (secondary N) is 2. The molecule has 3 aliphatic carbocycles. The number of aromatic amines is 1. The topological polar surface area (TPSA) is 184 Å². The molecule has 8 rings (SSSR count). The summed E-state index contributed by atoms with van der Waals surface area (Å²) in [6.07, 6.45) is 12.9. The molecular weight excluding hydrogens is 829 g/mol. The van der Waals surface area contributed by atoms with Gasteiger partial charge in [0.2, 0.25) is 0 Å². The largest absolute Gasteiger partial charge is 0.508 e. The summed E-state index contributed by atoms with van der Waals surface area (Å²) >= 11 is 0. The zero-order valence-electron chi connectivity index (χ0n) is 36.1. The highest BCUT2D eigenvalue weighted by atomic mass is 33.1. The first-order valence-corrected chi connectivity index (χ1v) is 24.9. The van der Waals surface area contributed by atoms with Gasteiger partial charge < -0.3 is 41.8 Å². The summed E-state index contributed by atoms with van der Waals surface area (Å²) in [6, 6.07) is 16.5. The molecule has 63 heavy (non-hydrogen) atoms. The van der Waals surface area contributed by atoms with E-state index in [9.17, 15) is 24.9 Å². The number of Topliss-reactive ketones (excluding diaryl/α,β-unsaturated/α-hetero) is 1. The second-order valence-corrected chi connectivity index (χ2v) is 20.6. The van der Waals surface area contributed by atoms with Crippen molar-refractivity contribution in [1.82, 2.24) is 10.3 Å². The summed E-state index contributed by atoms with van der Waals surface area (Å²) in [7, 11) is 5.45. The number of phenols is 2. The van der Waals surface area contributed by atoms with Gasteiger partial charge in [0, 0.05) is 70.7 Å². The Bertz CT molecular complexity index is 2420. The number of allylic oxidation sites excluding steroid dienone is 2. The molecule has 2 fully saturated rings. The summed E-state index contributed by atoms with van der Waals surface area (Å²) in [5.41, 5.74) is 19.4. The Labute approximate surface area is 378 Å². The number of aliphatic hydroxyl groups excluding tert-OH is 1.